The summed E-state index contributed by atoms with van der Waals surface area (Å²) in [5, 5.41) is 15.5. The second-order valence-corrected chi connectivity index (χ2v) is 5.55. The van der Waals surface area contributed by atoms with E-state index in [1.807, 2.05) is 13.0 Å². The largest absolute Gasteiger partial charge is 0.407 e. The Bertz CT molecular complexity index is 588. The second-order valence-electron chi connectivity index (χ2n) is 4.71. The SMILES string of the molecule is CCCNCc1nnc(NC(C)c2ccc(Cl)cc2Cl)o1. The van der Waals surface area contributed by atoms with Crippen molar-refractivity contribution in [2.75, 3.05) is 11.9 Å². The lowest BCUT2D eigenvalue weighted by atomic mass is 10.1. The summed E-state index contributed by atoms with van der Waals surface area (Å²) in [7, 11) is 0. The molecule has 0 saturated carbocycles. The topological polar surface area (TPSA) is 63.0 Å². The van der Waals surface area contributed by atoms with E-state index in [4.69, 9.17) is 27.6 Å². The van der Waals surface area contributed by atoms with Crippen LogP contribution in [0.4, 0.5) is 6.01 Å². The highest BCUT2D eigenvalue weighted by atomic mass is 35.5. The molecule has 0 amide bonds. The number of nitrogens with one attached hydrogen (secondary N) is 2. The van der Waals surface area contributed by atoms with Gasteiger partial charge in [-0.2, -0.15) is 0 Å². The number of hydrogen-bond acceptors (Lipinski definition) is 5. The molecule has 2 aromatic rings. The van der Waals surface area contributed by atoms with Crippen LogP contribution in [0, 0.1) is 0 Å². The summed E-state index contributed by atoms with van der Waals surface area (Å²) in [6.07, 6.45) is 1.06. The van der Waals surface area contributed by atoms with E-state index in [-0.39, 0.29) is 6.04 Å². The van der Waals surface area contributed by atoms with Gasteiger partial charge in [0.05, 0.1) is 12.6 Å². The molecule has 0 radical (unpaired) electrons. The van der Waals surface area contributed by atoms with Gasteiger partial charge in [-0.05, 0) is 37.6 Å². The van der Waals surface area contributed by atoms with Gasteiger partial charge >= 0.3 is 6.01 Å². The highest BCUT2D eigenvalue weighted by Gasteiger charge is 2.13. The summed E-state index contributed by atoms with van der Waals surface area (Å²) < 4.78 is 5.52. The third-order valence-electron chi connectivity index (χ3n) is 2.94. The van der Waals surface area contributed by atoms with Crippen molar-refractivity contribution in [1.82, 2.24) is 15.5 Å². The van der Waals surface area contributed by atoms with Gasteiger partial charge in [0, 0.05) is 10.0 Å². The summed E-state index contributed by atoms with van der Waals surface area (Å²) in [5.41, 5.74) is 0.921. The van der Waals surface area contributed by atoms with Crippen molar-refractivity contribution in [2.45, 2.75) is 32.9 Å². The lowest BCUT2D eigenvalue weighted by Crippen LogP contribution is -2.13. The van der Waals surface area contributed by atoms with Crippen LogP contribution in [-0.4, -0.2) is 16.7 Å². The standard InChI is InChI=1S/C14H18Cl2N4O/c1-3-6-17-8-13-19-20-14(21-13)18-9(2)11-5-4-10(15)7-12(11)16/h4-5,7,9,17H,3,6,8H2,1-2H3,(H,18,20). The van der Waals surface area contributed by atoms with Crippen LogP contribution >= 0.6 is 23.2 Å². The molecule has 0 spiro atoms. The molecule has 0 bridgehead atoms. The first-order chi connectivity index (χ1) is 10.1. The maximum atomic E-state index is 6.18. The van der Waals surface area contributed by atoms with Gasteiger partial charge in [0.15, 0.2) is 0 Å². The number of nitrogens with zero attached hydrogens (tertiary/aromatic N) is 2. The van der Waals surface area contributed by atoms with E-state index < -0.39 is 0 Å². The Morgan fingerprint density at radius 3 is 2.81 bits per heavy atom. The van der Waals surface area contributed by atoms with Gasteiger partial charge in [-0.3, -0.25) is 0 Å². The Morgan fingerprint density at radius 1 is 1.29 bits per heavy atom. The fraction of sp³-hybridized carbons (Fsp3) is 0.429. The molecule has 114 valence electrons. The van der Waals surface area contributed by atoms with Crippen molar-refractivity contribution < 1.29 is 4.42 Å². The van der Waals surface area contributed by atoms with Crippen LogP contribution < -0.4 is 10.6 Å². The minimum absolute atomic E-state index is 0.0633. The summed E-state index contributed by atoms with van der Waals surface area (Å²) in [4.78, 5) is 0. The minimum atomic E-state index is -0.0633. The first-order valence-electron chi connectivity index (χ1n) is 6.84. The molecule has 1 heterocycles. The lowest BCUT2D eigenvalue weighted by Gasteiger charge is -2.14. The monoisotopic (exact) mass is 328 g/mol. The molecule has 7 heteroatoms. The van der Waals surface area contributed by atoms with E-state index in [1.54, 1.807) is 12.1 Å². The third-order valence-corrected chi connectivity index (χ3v) is 3.50. The number of aromatic nitrogens is 2. The predicted molar refractivity (Wildman–Crippen MR) is 84.8 cm³/mol. The van der Waals surface area contributed by atoms with Crippen LogP contribution in [-0.2, 0) is 6.54 Å². The summed E-state index contributed by atoms with van der Waals surface area (Å²) in [6.45, 7) is 5.56. The molecule has 0 aliphatic heterocycles. The Hall–Kier alpha value is -1.30. The van der Waals surface area contributed by atoms with Crippen LogP contribution in [0.2, 0.25) is 10.0 Å². The second kappa shape index (κ2) is 7.64. The summed E-state index contributed by atoms with van der Waals surface area (Å²) >= 11 is 12.1. The highest BCUT2D eigenvalue weighted by Crippen LogP contribution is 2.28. The van der Waals surface area contributed by atoms with E-state index in [9.17, 15) is 0 Å². The van der Waals surface area contributed by atoms with Crippen LogP contribution in [0.1, 0.15) is 37.8 Å². The third kappa shape index (κ3) is 4.59. The summed E-state index contributed by atoms with van der Waals surface area (Å²) in [6, 6.07) is 5.70. The van der Waals surface area contributed by atoms with Gasteiger partial charge in [0.2, 0.25) is 5.89 Å². The number of hydrogen-bond donors (Lipinski definition) is 2. The van der Waals surface area contributed by atoms with Crippen molar-refractivity contribution in [2.24, 2.45) is 0 Å². The molecule has 0 aliphatic carbocycles. The Morgan fingerprint density at radius 2 is 2.10 bits per heavy atom. The molecule has 2 N–H and O–H groups in total. The highest BCUT2D eigenvalue weighted by molar-refractivity contribution is 6.35. The predicted octanol–water partition coefficient (Wildman–Crippen LogP) is 4.05. The quantitative estimate of drug-likeness (QED) is 0.751. The van der Waals surface area contributed by atoms with Crippen molar-refractivity contribution in [1.29, 1.82) is 0 Å². The molecule has 1 aromatic heterocycles. The average Bonchev–Trinajstić information content (AvgIpc) is 2.86. The maximum absolute atomic E-state index is 6.18. The number of anilines is 1. The van der Waals surface area contributed by atoms with Gasteiger partial charge in [0.25, 0.3) is 0 Å². The molecule has 5 nitrogen and oxygen atoms in total. The molecule has 0 fully saturated rings. The van der Waals surface area contributed by atoms with E-state index in [1.165, 1.54) is 0 Å². The molecule has 1 unspecified atom stereocenters. The fourth-order valence-corrected chi connectivity index (χ4v) is 2.44. The molecule has 1 atom stereocenters. The van der Waals surface area contributed by atoms with Gasteiger partial charge in [-0.25, -0.2) is 0 Å². The van der Waals surface area contributed by atoms with Crippen molar-refractivity contribution in [3.05, 3.63) is 39.7 Å². The normalized spacial score (nSPS) is 12.4. The van der Waals surface area contributed by atoms with E-state index in [0.717, 1.165) is 18.5 Å². The van der Waals surface area contributed by atoms with Gasteiger partial charge in [-0.15, -0.1) is 5.10 Å². The van der Waals surface area contributed by atoms with Crippen molar-refractivity contribution in [3.63, 3.8) is 0 Å². The average molecular weight is 329 g/mol. The maximum Gasteiger partial charge on any atom is 0.315 e. The zero-order valence-electron chi connectivity index (χ0n) is 12.0. The molecular formula is C14H18Cl2N4O. The lowest BCUT2D eigenvalue weighted by molar-refractivity contribution is 0.474. The molecule has 21 heavy (non-hydrogen) atoms. The van der Waals surface area contributed by atoms with Crippen LogP contribution in [0.3, 0.4) is 0 Å². The molecule has 1 aromatic carbocycles. The Balaban J connectivity index is 1.97. The molecule has 2 rings (SSSR count). The fourth-order valence-electron chi connectivity index (χ4n) is 1.87. The number of rotatable bonds is 7. The van der Waals surface area contributed by atoms with Crippen molar-refractivity contribution in [3.8, 4) is 0 Å². The van der Waals surface area contributed by atoms with E-state index in [0.29, 0.717) is 28.5 Å². The zero-order chi connectivity index (χ0) is 15.2. The minimum Gasteiger partial charge on any atom is -0.407 e. The zero-order valence-corrected chi connectivity index (χ0v) is 13.5. The van der Waals surface area contributed by atoms with E-state index >= 15 is 0 Å². The molecule has 0 aliphatic rings. The van der Waals surface area contributed by atoms with Crippen LogP contribution in [0.5, 0.6) is 0 Å². The van der Waals surface area contributed by atoms with Gasteiger partial charge in [-0.1, -0.05) is 41.3 Å². The number of benzene rings is 1. The van der Waals surface area contributed by atoms with Crippen LogP contribution in [0.15, 0.2) is 22.6 Å². The smallest absolute Gasteiger partial charge is 0.315 e. The Kier molecular flexibility index (Phi) is 5.85. The van der Waals surface area contributed by atoms with Crippen molar-refractivity contribution >= 4 is 29.2 Å². The molecular weight excluding hydrogens is 311 g/mol. The summed E-state index contributed by atoms with van der Waals surface area (Å²) in [5.74, 6) is 0.556. The first kappa shape index (κ1) is 16.1. The van der Waals surface area contributed by atoms with Crippen LogP contribution in [0.25, 0.3) is 0 Å². The Labute approximate surface area is 134 Å². The van der Waals surface area contributed by atoms with Gasteiger partial charge in [0.1, 0.15) is 0 Å². The van der Waals surface area contributed by atoms with Gasteiger partial charge < -0.3 is 15.1 Å². The van der Waals surface area contributed by atoms with E-state index in [2.05, 4.69) is 27.8 Å². The molecule has 0 saturated heterocycles. The first-order valence-corrected chi connectivity index (χ1v) is 7.60. The number of halogens is 2.